The minimum atomic E-state index is -0.915. The largest absolute Gasteiger partial charge is 0.496 e. The molecule has 37 heavy (non-hydrogen) atoms. The maximum atomic E-state index is 13.5. The Bertz CT molecular complexity index is 1440. The summed E-state index contributed by atoms with van der Waals surface area (Å²) in [5, 5.41) is 3.86. The lowest BCUT2D eigenvalue weighted by Crippen LogP contribution is -2.61. The van der Waals surface area contributed by atoms with Crippen LogP contribution in [0.1, 0.15) is 68.4 Å². The van der Waals surface area contributed by atoms with E-state index in [0.29, 0.717) is 49.0 Å². The second kappa shape index (κ2) is 8.76. The third-order valence-electron chi connectivity index (χ3n) is 7.44. The Labute approximate surface area is 213 Å². The molecule has 0 bridgehead atoms. The third kappa shape index (κ3) is 4.04. The number of aromatic nitrogens is 1. The summed E-state index contributed by atoms with van der Waals surface area (Å²) in [7, 11) is 2.89. The molecule has 6 rings (SSSR count). The van der Waals surface area contributed by atoms with Crippen LogP contribution in [0, 0.1) is 0 Å². The van der Waals surface area contributed by atoms with Crippen molar-refractivity contribution in [3.63, 3.8) is 0 Å². The molecule has 2 aromatic carbocycles. The van der Waals surface area contributed by atoms with E-state index in [4.69, 9.17) is 19.2 Å². The molecular weight excluding hydrogens is 474 g/mol. The number of hydrogen-bond acceptors (Lipinski definition) is 7. The number of hydrogen-bond donors (Lipinski definition) is 1. The van der Waals surface area contributed by atoms with Gasteiger partial charge in [-0.15, -0.1) is 0 Å². The molecule has 0 atom stereocenters. The highest BCUT2D eigenvalue weighted by atomic mass is 16.5. The van der Waals surface area contributed by atoms with Gasteiger partial charge in [-0.1, -0.05) is 12.1 Å². The number of para-hydroxylation sites is 1. The molecular formula is C28H27N3O6. The normalized spacial score (nSPS) is 18.1. The van der Waals surface area contributed by atoms with Crippen molar-refractivity contribution in [2.45, 2.75) is 37.3 Å². The summed E-state index contributed by atoms with van der Waals surface area (Å²) < 4.78 is 16.6. The number of fused-ring (bicyclic) bond motifs is 2. The van der Waals surface area contributed by atoms with Crippen LogP contribution in [0.4, 0.5) is 0 Å². The van der Waals surface area contributed by atoms with E-state index in [0.717, 1.165) is 29.3 Å². The number of carbonyl (C=O) groups is 3. The Morgan fingerprint density at radius 3 is 2.59 bits per heavy atom. The lowest BCUT2D eigenvalue weighted by atomic mass is 9.96. The number of pyridine rings is 1. The molecule has 2 amide bonds. The van der Waals surface area contributed by atoms with E-state index in [2.05, 4.69) is 11.4 Å². The first-order valence-corrected chi connectivity index (χ1v) is 12.4. The second-order valence-corrected chi connectivity index (χ2v) is 9.77. The summed E-state index contributed by atoms with van der Waals surface area (Å²) in [5.41, 5.74) is 1.98. The third-order valence-corrected chi connectivity index (χ3v) is 7.44. The molecule has 3 aromatic rings. The molecule has 1 saturated carbocycles. The van der Waals surface area contributed by atoms with Crippen molar-refractivity contribution in [3.05, 3.63) is 64.8 Å². The fourth-order valence-electron chi connectivity index (χ4n) is 5.25. The Hall–Kier alpha value is -4.14. The molecule has 190 valence electrons. The summed E-state index contributed by atoms with van der Waals surface area (Å²) in [4.78, 5) is 44.8. The number of piperidine rings is 1. The summed E-state index contributed by atoms with van der Waals surface area (Å²) in [6.45, 7) is 0.780. The van der Waals surface area contributed by atoms with Gasteiger partial charge in [-0.3, -0.25) is 9.59 Å². The maximum Gasteiger partial charge on any atom is 0.337 e. The Morgan fingerprint density at radius 2 is 1.89 bits per heavy atom. The molecule has 2 fully saturated rings. The maximum absolute atomic E-state index is 13.5. The highest BCUT2D eigenvalue weighted by Gasteiger charge is 2.43. The molecule has 1 aliphatic carbocycles. The number of benzene rings is 2. The number of esters is 1. The van der Waals surface area contributed by atoms with Gasteiger partial charge in [0.15, 0.2) is 5.72 Å². The van der Waals surface area contributed by atoms with Crippen LogP contribution in [0.25, 0.3) is 10.9 Å². The molecule has 3 heterocycles. The summed E-state index contributed by atoms with van der Waals surface area (Å²) >= 11 is 0. The van der Waals surface area contributed by atoms with Gasteiger partial charge in [-0.05, 0) is 48.6 Å². The number of likely N-dealkylation sites (tertiary alicyclic amines) is 1. The number of rotatable bonds is 4. The minimum absolute atomic E-state index is 0.175. The molecule has 0 unspecified atom stereocenters. The van der Waals surface area contributed by atoms with Crippen molar-refractivity contribution in [3.8, 4) is 11.5 Å². The SMILES string of the molecule is COC(=O)c1ccc2c(c1)C(=O)NC1(CCN(C(=O)c3cc(OC)c4cccc(C5CC5)c4n3)CC1)O2. The molecule has 3 aliphatic rings. The fourth-order valence-corrected chi connectivity index (χ4v) is 5.25. The zero-order chi connectivity index (χ0) is 25.7. The monoisotopic (exact) mass is 501 g/mol. The number of ether oxygens (including phenoxy) is 3. The van der Waals surface area contributed by atoms with Gasteiger partial charge in [0.1, 0.15) is 17.2 Å². The molecule has 1 spiro atoms. The Morgan fingerprint density at radius 1 is 1.11 bits per heavy atom. The number of methoxy groups -OCH3 is 2. The van der Waals surface area contributed by atoms with E-state index in [9.17, 15) is 14.4 Å². The average molecular weight is 502 g/mol. The Balaban J connectivity index is 1.22. The molecule has 0 radical (unpaired) electrons. The highest BCUT2D eigenvalue weighted by Crippen LogP contribution is 2.44. The quantitative estimate of drug-likeness (QED) is 0.544. The molecule has 1 aromatic heterocycles. The summed E-state index contributed by atoms with van der Waals surface area (Å²) in [6.07, 6.45) is 3.10. The Kier molecular flexibility index (Phi) is 5.51. The number of nitrogens with one attached hydrogen (secondary N) is 1. The first-order chi connectivity index (χ1) is 17.9. The summed E-state index contributed by atoms with van der Waals surface area (Å²) in [5.74, 6) is 0.511. The van der Waals surface area contributed by atoms with E-state index >= 15 is 0 Å². The summed E-state index contributed by atoms with van der Waals surface area (Å²) in [6, 6.07) is 12.4. The molecule has 1 saturated heterocycles. The average Bonchev–Trinajstić information content (AvgIpc) is 3.77. The first-order valence-electron chi connectivity index (χ1n) is 12.4. The van der Waals surface area contributed by atoms with E-state index in [1.165, 1.54) is 13.2 Å². The van der Waals surface area contributed by atoms with Crippen molar-refractivity contribution in [2.24, 2.45) is 0 Å². The van der Waals surface area contributed by atoms with Gasteiger partial charge in [0.25, 0.3) is 11.8 Å². The van der Waals surface area contributed by atoms with Crippen LogP contribution in [-0.2, 0) is 4.74 Å². The van der Waals surface area contributed by atoms with Gasteiger partial charge in [-0.25, -0.2) is 9.78 Å². The lowest BCUT2D eigenvalue weighted by Gasteiger charge is -2.44. The van der Waals surface area contributed by atoms with Crippen LogP contribution >= 0.6 is 0 Å². The van der Waals surface area contributed by atoms with Gasteiger partial charge in [0.2, 0.25) is 0 Å². The van der Waals surface area contributed by atoms with Crippen LogP contribution in [-0.4, -0.2) is 60.7 Å². The van der Waals surface area contributed by atoms with Crippen molar-refractivity contribution < 1.29 is 28.6 Å². The van der Waals surface area contributed by atoms with Crippen LogP contribution in [0.5, 0.6) is 11.5 Å². The molecule has 1 N–H and O–H groups in total. The van der Waals surface area contributed by atoms with Crippen LogP contribution < -0.4 is 14.8 Å². The first kappa shape index (κ1) is 23.3. The van der Waals surface area contributed by atoms with Crippen molar-refractivity contribution in [1.29, 1.82) is 0 Å². The molecule has 9 nitrogen and oxygen atoms in total. The van der Waals surface area contributed by atoms with Crippen LogP contribution in [0.2, 0.25) is 0 Å². The number of carbonyl (C=O) groups excluding carboxylic acids is 3. The van der Waals surface area contributed by atoms with Crippen LogP contribution in [0.3, 0.4) is 0 Å². The smallest absolute Gasteiger partial charge is 0.337 e. The zero-order valence-electron chi connectivity index (χ0n) is 20.7. The lowest BCUT2D eigenvalue weighted by molar-refractivity contribution is -0.0246. The zero-order valence-corrected chi connectivity index (χ0v) is 20.7. The molecule has 2 aliphatic heterocycles. The van der Waals surface area contributed by atoms with E-state index in [1.54, 1.807) is 30.2 Å². The van der Waals surface area contributed by atoms with Gasteiger partial charge in [0.05, 0.1) is 30.9 Å². The predicted molar refractivity (Wildman–Crippen MR) is 134 cm³/mol. The second-order valence-electron chi connectivity index (χ2n) is 9.77. The van der Waals surface area contributed by atoms with Gasteiger partial charge in [0, 0.05) is 37.4 Å². The predicted octanol–water partition coefficient (Wildman–Crippen LogP) is 3.66. The van der Waals surface area contributed by atoms with Crippen LogP contribution in [0.15, 0.2) is 42.5 Å². The van der Waals surface area contributed by atoms with Crippen molar-refractivity contribution in [2.75, 3.05) is 27.3 Å². The van der Waals surface area contributed by atoms with E-state index < -0.39 is 11.7 Å². The van der Waals surface area contributed by atoms with Crippen molar-refractivity contribution in [1.82, 2.24) is 15.2 Å². The van der Waals surface area contributed by atoms with Gasteiger partial charge >= 0.3 is 5.97 Å². The van der Waals surface area contributed by atoms with Gasteiger partial charge < -0.3 is 24.4 Å². The van der Waals surface area contributed by atoms with E-state index in [1.807, 2.05) is 12.1 Å². The van der Waals surface area contributed by atoms with Gasteiger partial charge in [-0.2, -0.15) is 0 Å². The standard InChI is InChI=1S/C28H27N3O6/c1-35-23-15-21(29-24-18(16-6-7-16)4-3-5-19(23)24)26(33)31-12-10-28(11-13-31)30-25(32)20-14-17(27(34)36-2)8-9-22(20)37-28/h3-5,8-9,14-16H,6-7,10-13H2,1-2H3,(H,30,32). The minimum Gasteiger partial charge on any atom is -0.496 e. The van der Waals surface area contributed by atoms with E-state index in [-0.39, 0.29) is 22.9 Å². The number of amides is 2. The highest BCUT2D eigenvalue weighted by molar-refractivity contribution is 6.01. The fraction of sp³-hybridized carbons (Fsp3) is 0.357. The van der Waals surface area contributed by atoms with Crippen molar-refractivity contribution >= 4 is 28.7 Å². The topological polar surface area (TPSA) is 107 Å². The molecule has 9 heteroatoms. The number of nitrogens with zero attached hydrogens (tertiary/aromatic N) is 2.